The third-order valence-corrected chi connectivity index (χ3v) is 2.91. The van der Waals surface area contributed by atoms with Gasteiger partial charge in [-0.25, -0.2) is 9.18 Å². The summed E-state index contributed by atoms with van der Waals surface area (Å²) in [7, 11) is 0. The Morgan fingerprint density at radius 3 is 2.65 bits per heavy atom. The van der Waals surface area contributed by atoms with Gasteiger partial charge in [-0.3, -0.25) is 5.32 Å². The summed E-state index contributed by atoms with van der Waals surface area (Å²) in [5, 5.41) is 12.2. The summed E-state index contributed by atoms with van der Waals surface area (Å²) in [6.07, 6.45) is 0.817. The van der Waals surface area contributed by atoms with Gasteiger partial charge in [0.05, 0.1) is 0 Å². The SMILES string of the molecule is CCCNC(C)(C(=O)O)c1ccc(C)c(F)c1. The van der Waals surface area contributed by atoms with Crippen LogP contribution in [0.15, 0.2) is 18.2 Å². The van der Waals surface area contributed by atoms with Crippen molar-refractivity contribution in [2.24, 2.45) is 0 Å². The fourth-order valence-electron chi connectivity index (χ4n) is 1.58. The number of carboxylic acids is 1. The van der Waals surface area contributed by atoms with Crippen molar-refractivity contribution in [2.75, 3.05) is 6.54 Å². The van der Waals surface area contributed by atoms with E-state index in [4.69, 9.17) is 0 Å². The Kier molecular flexibility index (Phi) is 4.23. The molecule has 1 rings (SSSR count). The minimum atomic E-state index is -1.25. The van der Waals surface area contributed by atoms with E-state index in [0.717, 1.165) is 6.42 Å². The van der Waals surface area contributed by atoms with E-state index in [0.29, 0.717) is 17.7 Å². The highest BCUT2D eigenvalue weighted by Gasteiger charge is 2.34. The number of halogens is 1. The average Bonchev–Trinajstić information content (AvgIpc) is 2.29. The molecule has 0 heterocycles. The Hall–Kier alpha value is -1.42. The predicted molar refractivity (Wildman–Crippen MR) is 64.4 cm³/mol. The molecule has 0 saturated heterocycles. The number of benzene rings is 1. The fourth-order valence-corrected chi connectivity index (χ4v) is 1.58. The van der Waals surface area contributed by atoms with Crippen LogP contribution in [0.1, 0.15) is 31.4 Å². The monoisotopic (exact) mass is 239 g/mol. The van der Waals surface area contributed by atoms with Gasteiger partial charge >= 0.3 is 5.97 Å². The van der Waals surface area contributed by atoms with Crippen LogP contribution in [-0.4, -0.2) is 17.6 Å². The van der Waals surface area contributed by atoms with Crippen LogP contribution in [0.2, 0.25) is 0 Å². The van der Waals surface area contributed by atoms with Gasteiger partial charge in [-0.15, -0.1) is 0 Å². The number of rotatable bonds is 5. The van der Waals surface area contributed by atoms with Crippen LogP contribution in [0.25, 0.3) is 0 Å². The van der Waals surface area contributed by atoms with Crippen molar-refractivity contribution >= 4 is 5.97 Å². The molecule has 2 N–H and O–H groups in total. The molecule has 17 heavy (non-hydrogen) atoms. The highest BCUT2D eigenvalue weighted by Crippen LogP contribution is 2.23. The Balaban J connectivity index is 3.13. The van der Waals surface area contributed by atoms with Crippen molar-refractivity contribution < 1.29 is 14.3 Å². The lowest BCUT2D eigenvalue weighted by atomic mass is 9.91. The Morgan fingerprint density at radius 2 is 2.18 bits per heavy atom. The van der Waals surface area contributed by atoms with E-state index in [-0.39, 0.29) is 5.82 Å². The van der Waals surface area contributed by atoms with Crippen molar-refractivity contribution in [2.45, 2.75) is 32.7 Å². The quantitative estimate of drug-likeness (QED) is 0.829. The van der Waals surface area contributed by atoms with Crippen LogP contribution in [0.5, 0.6) is 0 Å². The molecule has 0 fully saturated rings. The first kappa shape index (κ1) is 13.6. The molecule has 0 bridgehead atoms. The highest BCUT2D eigenvalue weighted by atomic mass is 19.1. The zero-order valence-corrected chi connectivity index (χ0v) is 10.4. The van der Waals surface area contributed by atoms with Gasteiger partial charge in [0.2, 0.25) is 0 Å². The summed E-state index contributed by atoms with van der Waals surface area (Å²) < 4.78 is 13.5. The Bertz CT molecular complexity index is 420. The molecular formula is C13H18FNO2. The minimum Gasteiger partial charge on any atom is -0.480 e. The number of hydrogen-bond donors (Lipinski definition) is 2. The van der Waals surface area contributed by atoms with Gasteiger partial charge in [-0.2, -0.15) is 0 Å². The van der Waals surface area contributed by atoms with Gasteiger partial charge in [0, 0.05) is 0 Å². The standard InChI is InChI=1S/C13H18FNO2/c1-4-7-15-13(3,12(16)17)10-6-5-9(2)11(14)8-10/h5-6,8,15H,4,7H2,1-3H3,(H,16,17). The molecule has 4 heteroatoms. The zero-order chi connectivity index (χ0) is 13.1. The first-order valence-electron chi connectivity index (χ1n) is 5.67. The predicted octanol–water partition coefficient (Wildman–Crippen LogP) is 2.43. The second-order valence-corrected chi connectivity index (χ2v) is 4.32. The maximum Gasteiger partial charge on any atom is 0.328 e. The van der Waals surface area contributed by atoms with Crippen LogP contribution in [0, 0.1) is 12.7 Å². The fraction of sp³-hybridized carbons (Fsp3) is 0.462. The first-order chi connectivity index (χ1) is 7.91. The lowest BCUT2D eigenvalue weighted by Gasteiger charge is -2.27. The van der Waals surface area contributed by atoms with Gasteiger partial charge in [0.25, 0.3) is 0 Å². The molecule has 94 valence electrons. The van der Waals surface area contributed by atoms with E-state index in [9.17, 15) is 14.3 Å². The number of carbonyl (C=O) groups is 1. The molecular weight excluding hydrogens is 221 g/mol. The van der Waals surface area contributed by atoms with Crippen molar-refractivity contribution in [1.29, 1.82) is 0 Å². The van der Waals surface area contributed by atoms with E-state index in [1.165, 1.54) is 6.07 Å². The normalized spacial score (nSPS) is 14.4. The molecule has 0 saturated carbocycles. The lowest BCUT2D eigenvalue weighted by molar-refractivity contribution is -0.144. The molecule has 1 aromatic rings. The van der Waals surface area contributed by atoms with Gasteiger partial charge in [0.1, 0.15) is 11.4 Å². The van der Waals surface area contributed by atoms with E-state index in [2.05, 4.69) is 5.32 Å². The van der Waals surface area contributed by atoms with Crippen molar-refractivity contribution in [3.8, 4) is 0 Å². The summed E-state index contributed by atoms with van der Waals surface area (Å²) in [4.78, 5) is 11.3. The average molecular weight is 239 g/mol. The van der Waals surface area contributed by atoms with E-state index in [1.807, 2.05) is 6.92 Å². The van der Waals surface area contributed by atoms with E-state index in [1.54, 1.807) is 26.0 Å². The van der Waals surface area contributed by atoms with Gasteiger partial charge in [-0.05, 0) is 44.0 Å². The lowest BCUT2D eigenvalue weighted by Crippen LogP contribution is -2.47. The van der Waals surface area contributed by atoms with Crippen LogP contribution >= 0.6 is 0 Å². The van der Waals surface area contributed by atoms with Crippen LogP contribution in [0.3, 0.4) is 0 Å². The largest absolute Gasteiger partial charge is 0.480 e. The second kappa shape index (κ2) is 5.27. The number of aryl methyl sites for hydroxylation is 1. The Morgan fingerprint density at radius 1 is 1.53 bits per heavy atom. The molecule has 1 unspecified atom stereocenters. The van der Waals surface area contributed by atoms with Gasteiger partial charge in [-0.1, -0.05) is 19.1 Å². The van der Waals surface area contributed by atoms with E-state index < -0.39 is 11.5 Å². The highest BCUT2D eigenvalue weighted by molar-refractivity contribution is 5.80. The molecule has 0 amide bonds. The molecule has 0 radical (unpaired) electrons. The third kappa shape index (κ3) is 2.82. The summed E-state index contributed by atoms with van der Waals surface area (Å²) in [5.74, 6) is -1.39. The molecule has 3 nitrogen and oxygen atoms in total. The molecule has 1 aromatic carbocycles. The molecule has 0 aliphatic heterocycles. The minimum absolute atomic E-state index is 0.381. The van der Waals surface area contributed by atoms with Crippen LogP contribution in [-0.2, 0) is 10.3 Å². The van der Waals surface area contributed by atoms with Crippen LogP contribution < -0.4 is 5.32 Å². The number of hydrogen-bond acceptors (Lipinski definition) is 2. The Labute approximate surface area is 101 Å². The van der Waals surface area contributed by atoms with Gasteiger partial charge < -0.3 is 5.11 Å². The molecule has 1 atom stereocenters. The number of aliphatic carboxylic acids is 1. The van der Waals surface area contributed by atoms with Crippen molar-refractivity contribution in [3.05, 3.63) is 35.1 Å². The maximum atomic E-state index is 13.5. The first-order valence-corrected chi connectivity index (χ1v) is 5.67. The zero-order valence-electron chi connectivity index (χ0n) is 10.4. The smallest absolute Gasteiger partial charge is 0.328 e. The second-order valence-electron chi connectivity index (χ2n) is 4.32. The number of carboxylic acid groups (broad SMARTS) is 1. The summed E-state index contributed by atoms with van der Waals surface area (Å²) in [6.45, 7) is 5.72. The van der Waals surface area contributed by atoms with Crippen molar-refractivity contribution in [3.63, 3.8) is 0 Å². The molecule has 0 aliphatic rings. The van der Waals surface area contributed by atoms with Crippen LogP contribution in [0.4, 0.5) is 4.39 Å². The molecule has 0 spiro atoms. The van der Waals surface area contributed by atoms with E-state index >= 15 is 0 Å². The third-order valence-electron chi connectivity index (χ3n) is 2.91. The summed E-state index contributed by atoms with van der Waals surface area (Å²) >= 11 is 0. The summed E-state index contributed by atoms with van der Waals surface area (Å²) in [6, 6.07) is 4.53. The topological polar surface area (TPSA) is 49.3 Å². The van der Waals surface area contributed by atoms with Crippen molar-refractivity contribution in [1.82, 2.24) is 5.32 Å². The summed E-state index contributed by atoms with van der Waals surface area (Å²) in [5.41, 5.74) is -0.302. The number of nitrogens with one attached hydrogen (secondary N) is 1. The molecule has 0 aromatic heterocycles. The van der Waals surface area contributed by atoms with Gasteiger partial charge in [0.15, 0.2) is 0 Å². The molecule has 0 aliphatic carbocycles. The maximum absolute atomic E-state index is 13.5.